The molecule has 1 aliphatic rings. The molecule has 4 heterocycles. The summed E-state index contributed by atoms with van der Waals surface area (Å²) >= 11 is 1.44. The van der Waals surface area contributed by atoms with E-state index in [0.717, 1.165) is 11.1 Å². The molecule has 12 heteroatoms. The van der Waals surface area contributed by atoms with Crippen LogP contribution in [0.15, 0.2) is 24.5 Å². The van der Waals surface area contributed by atoms with Gasteiger partial charge in [-0.05, 0) is 52.3 Å². The molecule has 1 saturated heterocycles. The van der Waals surface area contributed by atoms with Gasteiger partial charge in [-0.15, -0.1) is 11.3 Å². The monoisotopic (exact) mass is 501 g/mol. The van der Waals surface area contributed by atoms with Crippen LogP contribution in [0, 0.1) is 12.7 Å². The number of urea groups is 1. The van der Waals surface area contributed by atoms with E-state index in [-0.39, 0.29) is 30.3 Å². The van der Waals surface area contributed by atoms with Crippen molar-refractivity contribution >= 4 is 39.4 Å². The van der Waals surface area contributed by atoms with Crippen molar-refractivity contribution in [3.63, 3.8) is 0 Å². The minimum absolute atomic E-state index is 0.113. The number of pyridine rings is 1. The zero-order valence-corrected chi connectivity index (χ0v) is 21.1. The van der Waals surface area contributed by atoms with Gasteiger partial charge < -0.3 is 15.1 Å². The zero-order valence-electron chi connectivity index (χ0n) is 20.3. The van der Waals surface area contributed by atoms with Gasteiger partial charge in [-0.25, -0.2) is 24.6 Å². The lowest BCUT2D eigenvalue weighted by Crippen LogP contribution is -2.43. The lowest BCUT2D eigenvalue weighted by Gasteiger charge is -2.23. The lowest BCUT2D eigenvalue weighted by molar-refractivity contribution is -0.0579. The Bertz CT molecular complexity index is 1260. The highest BCUT2D eigenvalue weighted by Crippen LogP contribution is 2.29. The molecule has 186 valence electrons. The number of thiophene rings is 1. The minimum atomic E-state index is -0.531. The molecule has 3 aromatic rings. The Labute approximate surface area is 206 Å². The first-order chi connectivity index (χ1) is 16.5. The number of anilines is 1. The van der Waals surface area contributed by atoms with Crippen LogP contribution in [0.3, 0.4) is 0 Å². The number of fused-ring (bicyclic) bond motifs is 1. The molecule has 0 bridgehead atoms. The third-order valence-corrected chi connectivity index (χ3v) is 6.32. The largest absolute Gasteiger partial charge is 0.348 e. The maximum absolute atomic E-state index is 13.6. The highest BCUT2D eigenvalue weighted by atomic mass is 32.1. The molecule has 0 spiro atoms. The van der Waals surface area contributed by atoms with Gasteiger partial charge in [0.1, 0.15) is 5.82 Å². The fourth-order valence-electron chi connectivity index (χ4n) is 3.53. The highest BCUT2D eigenvalue weighted by molar-refractivity contribution is 7.19. The average Bonchev–Trinajstić information content (AvgIpc) is 3.42. The molecule has 1 aliphatic heterocycles. The van der Waals surface area contributed by atoms with Crippen LogP contribution in [0.25, 0.3) is 10.2 Å². The molecule has 2 N–H and O–H groups in total. The summed E-state index contributed by atoms with van der Waals surface area (Å²) in [6.45, 7) is 10.1. The zero-order chi connectivity index (χ0) is 25.3. The number of rotatable bonds is 5. The number of nitrogens with one attached hydrogen (secondary N) is 2. The molecule has 10 nitrogen and oxygen atoms in total. The highest BCUT2D eigenvalue weighted by Gasteiger charge is 2.31. The van der Waals surface area contributed by atoms with Crippen LogP contribution in [0.2, 0.25) is 0 Å². The van der Waals surface area contributed by atoms with E-state index in [1.165, 1.54) is 22.3 Å². The van der Waals surface area contributed by atoms with Gasteiger partial charge in [0.25, 0.3) is 5.91 Å². The van der Waals surface area contributed by atoms with Crippen LogP contribution in [-0.2, 0) is 4.84 Å². The van der Waals surface area contributed by atoms with Gasteiger partial charge in [0.15, 0.2) is 5.69 Å². The Balaban J connectivity index is 1.54. The molecule has 3 aromatic heterocycles. The molecular weight excluding hydrogens is 473 g/mol. The van der Waals surface area contributed by atoms with Gasteiger partial charge in [-0.2, -0.15) is 0 Å². The normalized spacial score (nSPS) is 14.9. The first-order valence-electron chi connectivity index (χ1n) is 11.2. The molecule has 3 amide bonds. The molecule has 35 heavy (non-hydrogen) atoms. The Morgan fingerprint density at radius 3 is 2.63 bits per heavy atom. The first kappa shape index (κ1) is 24.7. The van der Waals surface area contributed by atoms with Gasteiger partial charge in [0, 0.05) is 24.2 Å². The minimum Gasteiger partial charge on any atom is -0.348 e. The predicted octanol–water partition coefficient (Wildman–Crippen LogP) is 3.86. The number of hydrogen-bond acceptors (Lipinski definition) is 8. The van der Waals surface area contributed by atoms with Crippen molar-refractivity contribution in [1.29, 1.82) is 0 Å². The van der Waals surface area contributed by atoms with Crippen LogP contribution < -0.4 is 10.8 Å². The topological polar surface area (TPSA) is 113 Å². The summed E-state index contributed by atoms with van der Waals surface area (Å²) in [7, 11) is 0. The van der Waals surface area contributed by atoms with Crippen molar-refractivity contribution in [2.24, 2.45) is 0 Å². The third-order valence-electron chi connectivity index (χ3n) is 5.27. The van der Waals surface area contributed by atoms with Gasteiger partial charge in [-0.1, -0.05) is 0 Å². The Hall–Kier alpha value is -3.38. The second kappa shape index (κ2) is 9.70. The van der Waals surface area contributed by atoms with Crippen molar-refractivity contribution in [3.05, 3.63) is 46.5 Å². The molecule has 1 fully saturated rings. The molecule has 0 aromatic carbocycles. The summed E-state index contributed by atoms with van der Waals surface area (Å²) in [4.78, 5) is 48.3. The van der Waals surface area contributed by atoms with E-state index in [4.69, 9.17) is 4.84 Å². The van der Waals surface area contributed by atoms with Crippen molar-refractivity contribution in [2.45, 2.75) is 46.3 Å². The molecule has 4 rings (SSSR count). The molecular formula is C23H28FN7O3S. The Kier molecular flexibility index (Phi) is 6.86. The van der Waals surface area contributed by atoms with Crippen LogP contribution in [0.4, 0.5) is 15.1 Å². The second-order valence-corrected chi connectivity index (χ2v) is 10.6. The van der Waals surface area contributed by atoms with Crippen molar-refractivity contribution in [2.75, 3.05) is 25.1 Å². The van der Waals surface area contributed by atoms with E-state index in [2.05, 4.69) is 25.7 Å². The maximum Gasteiger partial charge on any atom is 0.342 e. The summed E-state index contributed by atoms with van der Waals surface area (Å²) in [6, 6.07) is 2.53. The van der Waals surface area contributed by atoms with Crippen molar-refractivity contribution in [3.8, 4) is 0 Å². The van der Waals surface area contributed by atoms with Crippen LogP contribution in [0.1, 0.15) is 54.7 Å². The number of nitrogens with zero attached hydrogens (tertiary/aromatic N) is 5. The number of carbonyl (C=O) groups is 2. The summed E-state index contributed by atoms with van der Waals surface area (Å²) in [5, 5.41) is 3.14. The maximum atomic E-state index is 13.6. The van der Waals surface area contributed by atoms with Crippen LogP contribution in [-0.4, -0.2) is 62.0 Å². The number of aromatic nitrogens is 3. The number of hydroxylamine groups is 1. The van der Waals surface area contributed by atoms with Gasteiger partial charge in [0.05, 0.1) is 34.7 Å². The first-order valence-corrected chi connectivity index (χ1v) is 12.0. The molecule has 0 saturated carbocycles. The summed E-state index contributed by atoms with van der Waals surface area (Å²) in [5.41, 5.74) is 3.43. The van der Waals surface area contributed by atoms with Crippen molar-refractivity contribution in [1.82, 2.24) is 30.2 Å². The van der Waals surface area contributed by atoms with E-state index in [9.17, 15) is 14.0 Å². The molecule has 1 atom stereocenters. The number of carbonyl (C=O) groups excluding carboxylic acids is 2. The average molecular weight is 502 g/mol. The van der Waals surface area contributed by atoms with E-state index >= 15 is 0 Å². The number of amides is 3. The number of halogens is 1. The van der Waals surface area contributed by atoms with E-state index in [0.29, 0.717) is 28.9 Å². The fourth-order valence-corrected chi connectivity index (χ4v) is 4.46. The molecule has 0 radical (unpaired) electrons. The SMILES string of the molecule is Cc1cc2nc(N[C@@H](C)c3cncc(F)c3)nc(C(=O)N3CCN(C(=O)NOC(C)(C)C)C3)c2s1. The summed E-state index contributed by atoms with van der Waals surface area (Å²) in [5.74, 6) is -0.482. The van der Waals surface area contributed by atoms with Crippen molar-refractivity contribution < 1.29 is 18.8 Å². The van der Waals surface area contributed by atoms with E-state index in [1.54, 1.807) is 11.1 Å². The third kappa shape index (κ3) is 5.82. The smallest absolute Gasteiger partial charge is 0.342 e. The summed E-state index contributed by atoms with van der Waals surface area (Å²) in [6.07, 6.45) is 2.70. The predicted molar refractivity (Wildman–Crippen MR) is 130 cm³/mol. The van der Waals surface area contributed by atoms with Gasteiger partial charge in [-0.3, -0.25) is 14.6 Å². The quantitative estimate of drug-likeness (QED) is 0.511. The Morgan fingerprint density at radius 2 is 1.91 bits per heavy atom. The molecule has 0 aliphatic carbocycles. The van der Waals surface area contributed by atoms with Gasteiger partial charge >= 0.3 is 6.03 Å². The van der Waals surface area contributed by atoms with Crippen LogP contribution in [0.5, 0.6) is 0 Å². The van der Waals surface area contributed by atoms with E-state index < -0.39 is 17.4 Å². The standard InChI is InChI=1S/C23H28FN7O3S/c1-13-8-17-19(35-13)18(28-21(27-17)26-14(2)15-9-16(24)11-25-10-15)20(32)30-6-7-31(12-30)22(33)29-34-23(3,4)5/h8-11,14H,6-7,12H2,1-5H3,(H,29,33)(H,26,27,28)/t14-/m0/s1. The Morgan fingerprint density at radius 1 is 1.17 bits per heavy atom. The second-order valence-electron chi connectivity index (χ2n) is 9.36. The van der Waals surface area contributed by atoms with Crippen LogP contribution >= 0.6 is 11.3 Å². The fraction of sp³-hybridized carbons (Fsp3) is 0.435. The van der Waals surface area contributed by atoms with E-state index in [1.807, 2.05) is 40.7 Å². The number of aryl methyl sites for hydroxylation is 1. The number of hydrogen-bond donors (Lipinski definition) is 2. The summed E-state index contributed by atoms with van der Waals surface area (Å²) < 4.78 is 14.3. The molecule has 0 unspecified atom stereocenters. The van der Waals surface area contributed by atoms with Gasteiger partial charge in [0.2, 0.25) is 5.95 Å². The lowest BCUT2D eigenvalue weighted by atomic mass is 10.1.